The van der Waals surface area contributed by atoms with Crippen LogP contribution in [0.5, 0.6) is 0 Å². The Morgan fingerprint density at radius 3 is 2.48 bits per heavy atom. The van der Waals surface area contributed by atoms with Crippen LogP contribution in [0.4, 0.5) is 0 Å². The topological polar surface area (TPSA) is 46.9 Å². The van der Waals surface area contributed by atoms with Gasteiger partial charge in [-0.25, -0.2) is 0 Å². The van der Waals surface area contributed by atoms with Gasteiger partial charge in [-0.15, -0.1) is 0 Å². The molecule has 1 amide bonds. The molecule has 4 nitrogen and oxygen atoms in total. The highest BCUT2D eigenvalue weighted by Crippen LogP contribution is 2.09. The summed E-state index contributed by atoms with van der Waals surface area (Å²) in [5.74, 6) is 0.0764. The highest BCUT2D eigenvalue weighted by atomic mass is 16.1. The first-order valence-electron chi connectivity index (χ1n) is 7.36. The van der Waals surface area contributed by atoms with Crippen molar-refractivity contribution in [2.24, 2.45) is 0 Å². The van der Waals surface area contributed by atoms with Gasteiger partial charge in [-0.1, -0.05) is 29.3 Å². The predicted octanol–water partition coefficient (Wildman–Crippen LogP) is 2.56. The van der Waals surface area contributed by atoms with Gasteiger partial charge in [0.05, 0.1) is 6.20 Å². The van der Waals surface area contributed by atoms with Gasteiger partial charge in [-0.2, -0.15) is 5.10 Å². The zero-order valence-electron chi connectivity index (χ0n) is 13.0. The first kappa shape index (κ1) is 15.3. The quantitative estimate of drug-likeness (QED) is 0.886. The molecule has 0 aliphatic rings. The van der Waals surface area contributed by atoms with Crippen molar-refractivity contribution < 1.29 is 4.79 Å². The summed E-state index contributed by atoms with van der Waals surface area (Å²) in [4.78, 5) is 11.8. The molecule has 4 heteroatoms. The number of aromatic nitrogens is 2. The molecule has 1 aromatic carbocycles. The van der Waals surface area contributed by atoms with Crippen molar-refractivity contribution in [3.63, 3.8) is 0 Å². The van der Waals surface area contributed by atoms with Crippen LogP contribution in [0.3, 0.4) is 0 Å². The van der Waals surface area contributed by atoms with E-state index < -0.39 is 0 Å². The molecule has 2 rings (SSSR count). The number of nitrogens with one attached hydrogen (secondary N) is 1. The first-order chi connectivity index (χ1) is 10.0. The van der Waals surface area contributed by atoms with Gasteiger partial charge in [-0.05, 0) is 38.3 Å². The Hall–Kier alpha value is -2.10. The standard InChI is InChI=1S/C17H23N3O/c1-13-8-14(2)10-16(9-13)4-6-18-17(21)5-7-20-12-15(3)11-19-20/h8-12H,4-7H2,1-3H3,(H,18,21). The third kappa shape index (κ3) is 5.06. The molecule has 0 spiro atoms. The highest BCUT2D eigenvalue weighted by molar-refractivity contribution is 5.75. The fraction of sp³-hybridized carbons (Fsp3) is 0.412. The fourth-order valence-corrected chi connectivity index (χ4v) is 2.45. The Morgan fingerprint density at radius 2 is 1.86 bits per heavy atom. The van der Waals surface area contributed by atoms with Crippen LogP contribution in [0.1, 0.15) is 28.7 Å². The SMILES string of the molecule is Cc1cc(C)cc(CCNC(=O)CCn2cc(C)cn2)c1. The smallest absolute Gasteiger partial charge is 0.221 e. The van der Waals surface area contributed by atoms with E-state index in [4.69, 9.17) is 0 Å². The Labute approximate surface area is 126 Å². The predicted molar refractivity (Wildman–Crippen MR) is 84.2 cm³/mol. The highest BCUT2D eigenvalue weighted by Gasteiger charge is 2.03. The number of hydrogen-bond acceptors (Lipinski definition) is 2. The molecule has 1 aromatic heterocycles. The van der Waals surface area contributed by atoms with E-state index in [0.717, 1.165) is 12.0 Å². The number of carbonyl (C=O) groups is 1. The van der Waals surface area contributed by atoms with Crippen molar-refractivity contribution in [1.29, 1.82) is 0 Å². The number of amides is 1. The van der Waals surface area contributed by atoms with E-state index in [2.05, 4.69) is 42.5 Å². The number of carbonyl (C=O) groups excluding carboxylic acids is 1. The number of aryl methyl sites for hydroxylation is 4. The third-order valence-corrected chi connectivity index (χ3v) is 3.35. The first-order valence-corrected chi connectivity index (χ1v) is 7.36. The molecule has 0 bridgehead atoms. The van der Waals surface area contributed by atoms with Crippen LogP contribution in [-0.4, -0.2) is 22.2 Å². The van der Waals surface area contributed by atoms with Crippen molar-refractivity contribution in [2.45, 2.75) is 40.2 Å². The third-order valence-electron chi connectivity index (χ3n) is 3.35. The zero-order chi connectivity index (χ0) is 15.2. The van der Waals surface area contributed by atoms with E-state index in [1.807, 2.05) is 13.1 Å². The molecular weight excluding hydrogens is 262 g/mol. The zero-order valence-corrected chi connectivity index (χ0v) is 13.0. The van der Waals surface area contributed by atoms with Crippen LogP contribution in [0.25, 0.3) is 0 Å². The van der Waals surface area contributed by atoms with Crippen molar-refractivity contribution in [3.05, 3.63) is 52.8 Å². The maximum atomic E-state index is 11.8. The lowest BCUT2D eigenvalue weighted by molar-refractivity contribution is -0.121. The molecule has 112 valence electrons. The average Bonchev–Trinajstić information content (AvgIpc) is 2.81. The molecule has 2 aromatic rings. The lowest BCUT2D eigenvalue weighted by atomic mass is 10.1. The van der Waals surface area contributed by atoms with Crippen LogP contribution in [0.15, 0.2) is 30.6 Å². The van der Waals surface area contributed by atoms with Crippen LogP contribution in [0, 0.1) is 20.8 Å². The van der Waals surface area contributed by atoms with Gasteiger partial charge in [0.1, 0.15) is 0 Å². The average molecular weight is 285 g/mol. The van der Waals surface area contributed by atoms with Gasteiger partial charge in [0.15, 0.2) is 0 Å². The molecule has 0 unspecified atom stereocenters. The molecule has 0 aliphatic heterocycles. The van der Waals surface area contributed by atoms with Gasteiger partial charge in [0.2, 0.25) is 5.91 Å². The number of rotatable bonds is 6. The van der Waals surface area contributed by atoms with Gasteiger partial charge in [0, 0.05) is 25.7 Å². The molecule has 0 atom stereocenters. The van der Waals surface area contributed by atoms with Crippen LogP contribution >= 0.6 is 0 Å². The van der Waals surface area contributed by atoms with Gasteiger partial charge in [0.25, 0.3) is 0 Å². The van der Waals surface area contributed by atoms with Gasteiger partial charge in [-0.3, -0.25) is 9.48 Å². The van der Waals surface area contributed by atoms with E-state index >= 15 is 0 Å². The summed E-state index contributed by atoms with van der Waals surface area (Å²) >= 11 is 0. The minimum Gasteiger partial charge on any atom is -0.356 e. The number of benzene rings is 1. The lowest BCUT2D eigenvalue weighted by Gasteiger charge is -2.07. The minimum absolute atomic E-state index is 0.0764. The molecule has 0 saturated carbocycles. The number of nitrogens with zero attached hydrogens (tertiary/aromatic N) is 2. The molecule has 0 aliphatic carbocycles. The fourth-order valence-electron chi connectivity index (χ4n) is 2.45. The number of hydrogen-bond donors (Lipinski definition) is 1. The normalized spacial score (nSPS) is 10.6. The van der Waals surface area contributed by atoms with Crippen molar-refractivity contribution >= 4 is 5.91 Å². The summed E-state index contributed by atoms with van der Waals surface area (Å²) in [6.07, 6.45) is 5.09. The van der Waals surface area contributed by atoms with E-state index in [1.165, 1.54) is 16.7 Å². The van der Waals surface area contributed by atoms with Crippen LogP contribution in [0.2, 0.25) is 0 Å². The van der Waals surface area contributed by atoms with Crippen molar-refractivity contribution in [3.8, 4) is 0 Å². The maximum Gasteiger partial charge on any atom is 0.221 e. The van der Waals surface area contributed by atoms with E-state index in [0.29, 0.717) is 19.5 Å². The lowest BCUT2D eigenvalue weighted by Crippen LogP contribution is -2.26. The van der Waals surface area contributed by atoms with Crippen molar-refractivity contribution in [1.82, 2.24) is 15.1 Å². The summed E-state index contributed by atoms with van der Waals surface area (Å²) in [5, 5.41) is 7.14. The summed E-state index contributed by atoms with van der Waals surface area (Å²) in [6, 6.07) is 6.51. The summed E-state index contributed by atoms with van der Waals surface area (Å²) in [6.45, 7) is 7.50. The van der Waals surface area contributed by atoms with E-state index in [-0.39, 0.29) is 5.91 Å². The Bertz CT molecular complexity index is 596. The van der Waals surface area contributed by atoms with Crippen molar-refractivity contribution in [2.75, 3.05) is 6.54 Å². The summed E-state index contributed by atoms with van der Waals surface area (Å²) < 4.78 is 1.80. The Kier molecular flexibility index (Phi) is 5.14. The monoisotopic (exact) mass is 285 g/mol. The van der Waals surface area contributed by atoms with Crippen LogP contribution < -0.4 is 5.32 Å². The van der Waals surface area contributed by atoms with Gasteiger partial charge < -0.3 is 5.32 Å². The second-order valence-electron chi connectivity index (χ2n) is 5.63. The summed E-state index contributed by atoms with van der Waals surface area (Å²) in [7, 11) is 0. The molecule has 21 heavy (non-hydrogen) atoms. The molecule has 1 heterocycles. The molecule has 0 radical (unpaired) electrons. The second kappa shape index (κ2) is 7.07. The van der Waals surface area contributed by atoms with Crippen LogP contribution in [-0.2, 0) is 17.8 Å². The van der Waals surface area contributed by atoms with E-state index in [1.54, 1.807) is 10.9 Å². The maximum absolute atomic E-state index is 11.8. The molecule has 0 saturated heterocycles. The summed E-state index contributed by atoms with van der Waals surface area (Å²) in [5.41, 5.74) is 4.93. The Morgan fingerprint density at radius 1 is 1.14 bits per heavy atom. The van der Waals surface area contributed by atoms with E-state index in [9.17, 15) is 4.79 Å². The second-order valence-corrected chi connectivity index (χ2v) is 5.63. The molecular formula is C17H23N3O. The minimum atomic E-state index is 0.0764. The van der Waals surface area contributed by atoms with Gasteiger partial charge >= 0.3 is 0 Å². The largest absolute Gasteiger partial charge is 0.356 e. The molecule has 1 N–H and O–H groups in total. The molecule has 0 fully saturated rings. The Balaban J connectivity index is 1.71.